The molecule has 0 aliphatic carbocycles. The third kappa shape index (κ3) is 1.85. The molecule has 0 radical (unpaired) electrons. The smallest absolute Gasteiger partial charge is 0.251 e. The van der Waals surface area contributed by atoms with Gasteiger partial charge in [-0.05, 0) is 44.5 Å². The van der Waals surface area contributed by atoms with Crippen molar-refractivity contribution in [3.8, 4) is 0 Å². The highest BCUT2D eigenvalue weighted by Gasteiger charge is 2.18. The second-order valence-corrected chi connectivity index (χ2v) is 5.03. The number of benzene rings is 1. The zero-order valence-corrected chi connectivity index (χ0v) is 10.6. The first kappa shape index (κ1) is 11.5. The van der Waals surface area contributed by atoms with Crippen LogP contribution >= 0.6 is 0 Å². The summed E-state index contributed by atoms with van der Waals surface area (Å²) in [5.41, 5.74) is 2.29. The maximum atomic E-state index is 12.3. The summed E-state index contributed by atoms with van der Waals surface area (Å²) in [6, 6.07) is 10.3. The summed E-state index contributed by atoms with van der Waals surface area (Å²) in [5.74, 6) is 0. The lowest BCUT2D eigenvalue weighted by atomic mass is 10.0. The number of piperidine rings is 1. The van der Waals surface area contributed by atoms with E-state index in [0.29, 0.717) is 6.04 Å². The van der Waals surface area contributed by atoms with Gasteiger partial charge < -0.3 is 9.88 Å². The SMILES string of the molecule is Cc1cc(=O)n(C2CCNCC2)c2ccccc12. The van der Waals surface area contributed by atoms with Crippen LogP contribution in [0, 0.1) is 6.92 Å². The van der Waals surface area contributed by atoms with Gasteiger partial charge in [-0.25, -0.2) is 0 Å². The maximum absolute atomic E-state index is 12.3. The molecule has 1 N–H and O–H groups in total. The fourth-order valence-corrected chi connectivity index (χ4v) is 2.91. The second-order valence-electron chi connectivity index (χ2n) is 5.03. The number of nitrogens with one attached hydrogen (secondary N) is 1. The second kappa shape index (κ2) is 4.58. The molecule has 18 heavy (non-hydrogen) atoms. The molecule has 3 rings (SSSR count). The van der Waals surface area contributed by atoms with Gasteiger partial charge in [0.15, 0.2) is 0 Å². The van der Waals surface area contributed by atoms with E-state index in [1.54, 1.807) is 6.07 Å². The van der Waals surface area contributed by atoms with E-state index >= 15 is 0 Å². The van der Waals surface area contributed by atoms with Crippen molar-refractivity contribution in [2.45, 2.75) is 25.8 Å². The van der Waals surface area contributed by atoms with Crippen LogP contribution in [0.5, 0.6) is 0 Å². The molecular weight excluding hydrogens is 224 g/mol. The van der Waals surface area contributed by atoms with E-state index in [9.17, 15) is 4.79 Å². The quantitative estimate of drug-likeness (QED) is 0.832. The van der Waals surface area contributed by atoms with Crippen LogP contribution in [0.15, 0.2) is 35.1 Å². The Morgan fingerprint density at radius 2 is 1.94 bits per heavy atom. The standard InChI is InChI=1S/C15H18N2O/c1-11-10-15(18)17(12-6-8-16-9-7-12)14-5-3-2-4-13(11)14/h2-5,10,12,16H,6-9H2,1H3. The number of hydrogen-bond acceptors (Lipinski definition) is 2. The molecule has 0 bridgehead atoms. The summed E-state index contributed by atoms with van der Waals surface area (Å²) in [6.45, 7) is 4.01. The summed E-state index contributed by atoms with van der Waals surface area (Å²) in [6.07, 6.45) is 2.07. The molecule has 0 amide bonds. The van der Waals surface area contributed by atoms with E-state index in [1.165, 1.54) is 5.39 Å². The minimum atomic E-state index is 0.137. The van der Waals surface area contributed by atoms with Crippen LogP contribution in [-0.4, -0.2) is 17.7 Å². The number of aryl methyl sites for hydroxylation is 1. The summed E-state index contributed by atoms with van der Waals surface area (Å²) in [4.78, 5) is 12.3. The summed E-state index contributed by atoms with van der Waals surface area (Å²) < 4.78 is 1.99. The van der Waals surface area contributed by atoms with Gasteiger partial charge >= 0.3 is 0 Å². The molecule has 1 saturated heterocycles. The van der Waals surface area contributed by atoms with Gasteiger partial charge in [-0.3, -0.25) is 4.79 Å². The molecule has 0 saturated carbocycles. The molecule has 1 aromatic heterocycles. The molecule has 0 spiro atoms. The molecular formula is C15H18N2O. The molecule has 2 heterocycles. The van der Waals surface area contributed by atoms with Crippen LogP contribution in [0.25, 0.3) is 10.9 Å². The molecule has 0 atom stereocenters. The highest BCUT2D eigenvalue weighted by atomic mass is 16.1. The lowest BCUT2D eigenvalue weighted by molar-refractivity contribution is 0.369. The largest absolute Gasteiger partial charge is 0.317 e. The Kier molecular flexibility index (Phi) is 2.92. The van der Waals surface area contributed by atoms with Crippen molar-refractivity contribution in [3.05, 3.63) is 46.2 Å². The highest BCUT2D eigenvalue weighted by Crippen LogP contribution is 2.23. The van der Waals surface area contributed by atoms with Crippen LogP contribution in [-0.2, 0) is 0 Å². The lowest BCUT2D eigenvalue weighted by Gasteiger charge is -2.26. The van der Waals surface area contributed by atoms with Gasteiger partial charge in [0.1, 0.15) is 0 Å². The van der Waals surface area contributed by atoms with Gasteiger partial charge in [-0.1, -0.05) is 18.2 Å². The van der Waals surface area contributed by atoms with Gasteiger partial charge in [0.2, 0.25) is 0 Å². The first-order chi connectivity index (χ1) is 8.77. The Labute approximate surface area is 106 Å². The highest BCUT2D eigenvalue weighted by molar-refractivity contribution is 5.82. The monoisotopic (exact) mass is 242 g/mol. The molecule has 1 aliphatic rings. The van der Waals surface area contributed by atoms with Crippen molar-refractivity contribution in [2.75, 3.05) is 13.1 Å². The molecule has 1 aliphatic heterocycles. The van der Waals surface area contributed by atoms with E-state index in [0.717, 1.165) is 37.0 Å². The van der Waals surface area contributed by atoms with E-state index in [2.05, 4.69) is 17.4 Å². The van der Waals surface area contributed by atoms with Crippen LogP contribution in [0.3, 0.4) is 0 Å². The van der Waals surface area contributed by atoms with Gasteiger partial charge in [-0.15, -0.1) is 0 Å². The average molecular weight is 242 g/mol. The minimum Gasteiger partial charge on any atom is -0.317 e. The Morgan fingerprint density at radius 3 is 2.72 bits per heavy atom. The Bertz CT molecular complexity index is 624. The molecule has 3 heteroatoms. The number of rotatable bonds is 1. The van der Waals surface area contributed by atoms with E-state index < -0.39 is 0 Å². The predicted molar refractivity (Wildman–Crippen MR) is 74.1 cm³/mol. The Morgan fingerprint density at radius 1 is 1.22 bits per heavy atom. The van der Waals surface area contributed by atoms with Gasteiger partial charge in [0.05, 0.1) is 5.52 Å². The van der Waals surface area contributed by atoms with Crippen molar-refractivity contribution in [2.24, 2.45) is 0 Å². The zero-order chi connectivity index (χ0) is 12.5. The average Bonchev–Trinajstić information content (AvgIpc) is 2.40. The minimum absolute atomic E-state index is 0.137. The lowest BCUT2D eigenvalue weighted by Crippen LogP contribution is -2.34. The summed E-state index contributed by atoms with van der Waals surface area (Å²) in [5, 5.41) is 4.54. The topological polar surface area (TPSA) is 34.0 Å². The summed E-state index contributed by atoms with van der Waals surface area (Å²) >= 11 is 0. The number of para-hydroxylation sites is 1. The third-order valence-electron chi connectivity index (χ3n) is 3.84. The first-order valence-corrected chi connectivity index (χ1v) is 6.59. The number of hydrogen-bond donors (Lipinski definition) is 1. The van der Waals surface area contributed by atoms with Crippen molar-refractivity contribution >= 4 is 10.9 Å². The number of pyridine rings is 1. The maximum Gasteiger partial charge on any atom is 0.251 e. The molecule has 94 valence electrons. The Hall–Kier alpha value is -1.61. The molecule has 2 aromatic rings. The van der Waals surface area contributed by atoms with Crippen LogP contribution in [0.1, 0.15) is 24.4 Å². The van der Waals surface area contributed by atoms with Gasteiger partial charge in [0, 0.05) is 17.5 Å². The molecule has 3 nitrogen and oxygen atoms in total. The number of nitrogens with zero attached hydrogens (tertiary/aromatic N) is 1. The summed E-state index contributed by atoms with van der Waals surface area (Å²) in [7, 11) is 0. The predicted octanol–water partition coefficient (Wildman–Crippen LogP) is 2.23. The van der Waals surface area contributed by atoms with Crippen molar-refractivity contribution in [3.63, 3.8) is 0 Å². The van der Waals surface area contributed by atoms with E-state index in [1.807, 2.05) is 23.6 Å². The van der Waals surface area contributed by atoms with E-state index in [4.69, 9.17) is 0 Å². The Balaban J connectivity index is 2.24. The van der Waals surface area contributed by atoms with Crippen LogP contribution in [0.4, 0.5) is 0 Å². The molecule has 1 fully saturated rings. The fraction of sp³-hybridized carbons (Fsp3) is 0.400. The fourth-order valence-electron chi connectivity index (χ4n) is 2.91. The number of aromatic nitrogens is 1. The third-order valence-corrected chi connectivity index (χ3v) is 3.84. The first-order valence-electron chi connectivity index (χ1n) is 6.59. The number of fused-ring (bicyclic) bond motifs is 1. The normalized spacial score (nSPS) is 17.2. The zero-order valence-electron chi connectivity index (χ0n) is 10.6. The van der Waals surface area contributed by atoms with E-state index in [-0.39, 0.29) is 5.56 Å². The van der Waals surface area contributed by atoms with Gasteiger partial charge in [0.25, 0.3) is 5.56 Å². The van der Waals surface area contributed by atoms with Gasteiger partial charge in [-0.2, -0.15) is 0 Å². The molecule has 1 aromatic carbocycles. The molecule has 0 unspecified atom stereocenters. The van der Waals surface area contributed by atoms with Crippen molar-refractivity contribution < 1.29 is 0 Å². The van der Waals surface area contributed by atoms with Crippen molar-refractivity contribution in [1.29, 1.82) is 0 Å². The van der Waals surface area contributed by atoms with Crippen molar-refractivity contribution in [1.82, 2.24) is 9.88 Å². The van der Waals surface area contributed by atoms with Crippen LogP contribution in [0.2, 0.25) is 0 Å². The van der Waals surface area contributed by atoms with Crippen LogP contribution < -0.4 is 10.9 Å².